The van der Waals surface area contributed by atoms with E-state index in [4.69, 9.17) is 0 Å². The second-order valence-electron chi connectivity index (χ2n) is 1.66. The van der Waals surface area contributed by atoms with Gasteiger partial charge < -0.3 is 0 Å². The van der Waals surface area contributed by atoms with Gasteiger partial charge in [0, 0.05) is 6.42 Å². The van der Waals surface area contributed by atoms with Crippen molar-refractivity contribution < 1.29 is 4.58 Å². The average molecular weight is 100 g/mol. The van der Waals surface area contributed by atoms with E-state index in [2.05, 4.69) is 31.7 Å². The third-order valence-electron chi connectivity index (χ3n) is 0.993. The average Bonchev–Trinajstić information content (AvgIpc) is 1.68. The van der Waals surface area contributed by atoms with Gasteiger partial charge in [0.1, 0.15) is 19.8 Å². The fourth-order valence-corrected chi connectivity index (χ4v) is 0.441. The van der Waals surface area contributed by atoms with Crippen LogP contribution in [-0.2, 0) is 0 Å². The maximum atomic E-state index is 2.18. The lowest BCUT2D eigenvalue weighted by Gasteiger charge is -1.85. The third kappa shape index (κ3) is 3.50. The fourth-order valence-electron chi connectivity index (χ4n) is 0.441. The van der Waals surface area contributed by atoms with Crippen molar-refractivity contribution >= 4 is 6.21 Å². The lowest BCUT2D eigenvalue weighted by Crippen LogP contribution is -2.04. The molecule has 0 aliphatic rings. The normalized spacial score (nSPS) is 12.1. The monoisotopic (exact) mass is 100 g/mol. The van der Waals surface area contributed by atoms with Crippen LogP contribution in [0.25, 0.3) is 0 Å². The molecule has 0 bridgehead atoms. The summed E-state index contributed by atoms with van der Waals surface area (Å²) < 4.78 is 2.18. The summed E-state index contributed by atoms with van der Waals surface area (Å²) in [7, 11) is 2.09. The molecule has 7 heavy (non-hydrogen) atoms. The van der Waals surface area contributed by atoms with Crippen molar-refractivity contribution in [1.29, 1.82) is 0 Å². The zero-order valence-electron chi connectivity index (χ0n) is 5.44. The van der Waals surface area contributed by atoms with Crippen LogP contribution in [0.1, 0.15) is 20.3 Å². The van der Waals surface area contributed by atoms with Crippen molar-refractivity contribution in [2.24, 2.45) is 0 Å². The van der Waals surface area contributed by atoms with Gasteiger partial charge in [0.25, 0.3) is 0 Å². The minimum absolute atomic E-state index is 1.12. The molecule has 0 aromatic carbocycles. The highest BCUT2D eigenvalue weighted by atomic mass is 14.9. The van der Waals surface area contributed by atoms with E-state index < -0.39 is 0 Å². The zero-order valence-corrected chi connectivity index (χ0v) is 5.44. The van der Waals surface area contributed by atoms with Crippen molar-refractivity contribution in [2.75, 3.05) is 13.6 Å². The van der Waals surface area contributed by atoms with Crippen molar-refractivity contribution in [3.05, 3.63) is 0 Å². The molecular weight excluding hydrogens is 86.1 g/mol. The van der Waals surface area contributed by atoms with Gasteiger partial charge in [-0.1, -0.05) is 6.92 Å². The molecule has 0 aliphatic carbocycles. The van der Waals surface area contributed by atoms with Crippen LogP contribution in [0.2, 0.25) is 0 Å². The molecule has 0 amide bonds. The fraction of sp³-hybridized carbons (Fsp3) is 0.833. The third-order valence-corrected chi connectivity index (χ3v) is 0.993. The first-order valence-electron chi connectivity index (χ1n) is 2.84. The summed E-state index contributed by atoms with van der Waals surface area (Å²) in [5.74, 6) is 0. The molecule has 0 saturated heterocycles. The van der Waals surface area contributed by atoms with Gasteiger partial charge in [-0.15, -0.1) is 0 Å². The van der Waals surface area contributed by atoms with Crippen molar-refractivity contribution in [1.82, 2.24) is 0 Å². The molecule has 0 fully saturated rings. The number of hydrogen-bond donors (Lipinski definition) is 0. The largest absolute Gasteiger partial charge is 0.243 e. The minimum Gasteiger partial charge on any atom is -0.243 e. The molecule has 0 aromatic rings. The molecule has 0 aliphatic heterocycles. The molecule has 0 heterocycles. The molecule has 0 saturated carbocycles. The first-order valence-corrected chi connectivity index (χ1v) is 2.84. The van der Waals surface area contributed by atoms with Gasteiger partial charge in [0.15, 0.2) is 0 Å². The Kier molecular flexibility index (Phi) is 3.67. The Balaban J connectivity index is 3.29. The standard InChI is InChI=1S/C6H14N/c1-4-6-7(3)5-2/h6H,4-5H2,1-3H3/q+1. The van der Waals surface area contributed by atoms with Crippen LogP contribution in [-0.4, -0.2) is 24.4 Å². The Morgan fingerprint density at radius 3 is 2.14 bits per heavy atom. The maximum Gasteiger partial charge on any atom is 0.139 e. The van der Waals surface area contributed by atoms with Crippen LogP contribution >= 0.6 is 0 Å². The molecule has 0 atom stereocenters. The summed E-state index contributed by atoms with van der Waals surface area (Å²) in [5.41, 5.74) is 0. The summed E-state index contributed by atoms with van der Waals surface area (Å²) >= 11 is 0. The topological polar surface area (TPSA) is 3.01 Å². The number of hydrogen-bond acceptors (Lipinski definition) is 0. The van der Waals surface area contributed by atoms with Gasteiger partial charge >= 0.3 is 0 Å². The Labute approximate surface area is 45.7 Å². The van der Waals surface area contributed by atoms with E-state index in [1.54, 1.807) is 0 Å². The Bertz CT molecular complexity index is 64.6. The summed E-state index contributed by atoms with van der Waals surface area (Å²) in [6.07, 6.45) is 3.32. The summed E-state index contributed by atoms with van der Waals surface area (Å²) in [5, 5.41) is 0. The van der Waals surface area contributed by atoms with E-state index in [1.165, 1.54) is 0 Å². The van der Waals surface area contributed by atoms with Crippen molar-refractivity contribution in [3.8, 4) is 0 Å². The van der Waals surface area contributed by atoms with E-state index in [9.17, 15) is 0 Å². The molecule has 0 aromatic heterocycles. The van der Waals surface area contributed by atoms with Crippen LogP contribution in [0.5, 0.6) is 0 Å². The van der Waals surface area contributed by atoms with Gasteiger partial charge in [-0.2, -0.15) is 0 Å². The predicted molar refractivity (Wildman–Crippen MR) is 33.1 cm³/mol. The van der Waals surface area contributed by atoms with E-state index >= 15 is 0 Å². The lowest BCUT2D eigenvalue weighted by atomic mass is 10.5. The summed E-state index contributed by atoms with van der Waals surface area (Å²) in [6, 6.07) is 0. The van der Waals surface area contributed by atoms with Crippen LogP contribution < -0.4 is 0 Å². The Morgan fingerprint density at radius 2 is 2.00 bits per heavy atom. The number of nitrogens with zero attached hydrogens (tertiary/aromatic N) is 1. The highest BCUT2D eigenvalue weighted by Gasteiger charge is 1.82. The zero-order chi connectivity index (χ0) is 5.70. The quantitative estimate of drug-likeness (QED) is 0.361. The van der Waals surface area contributed by atoms with Crippen LogP contribution in [0, 0.1) is 0 Å². The molecule has 0 unspecified atom stereocenters. The van der Waals surface area contributed by atoms with Crippen molar-refractivity contribution in [3.63, 3.8) is 0 Å². The van der Waals surface area contributed by atoms with Gasteiger partial charge in [0.2, 0.25) is 0 Å². The van der Waals surface area contributed by atoms with Gasteiger partial charge in [-0.25, -0.2) is 4.58 Å². The van der Waals surface area contributed by atoms with Crippen molar-refractivity contribution in [2.45, 2.75) is 20.3 Å². The second-order valence-corrected chi connectivity index (χ2v) is 1.66. The van der Waals surface area contributed by atoms with E-state index in [1.807, 2.05) is 0 Å². The smallest absolute Gasteiger partial charge is 0.139 e. The van der Waals surface area contributed by atoms with E-state index in [0.717, 1.165) is 13.0 Å². The van der Waals surface area contributed by atoms with E-state index in [-0.39, 0.29) is 0 Å². The molecule has 0 rings (SSSR count). The summed E-state index contributed by atoms with van der Waals surface area (Å²) in [4.78, 5) is 0. The van der Waals surface area contributed by atoms with Gasteiger partial charge in [-0.05, 0) is 6.92 Å². The van der Waals surface area contributed by atoms with Crippen LogP contribution in [0.3, 0.4) is 0 Å². The first-order chi connectivity index (χ1) is 3.31. The molecular formula is C6H14N+. The molecule has 42 valence electrons. The van der Waals surface area contributed by atoms with Gasteiger partial charge in [0.05, 0.1) is 0 Å². The Morgan fingerprint density at radius 1 is 1.43 bits per heavy atom. The summed E-state index contributed by atoms with van der Waals surface area (Å²) in [6.45, 7) is 5.41. The second kappa shape index (κ2) is 3.85. The minimum atomic E-state index is 1.12. The highest BCUT2D eigenvalue weighted by Crippen LogP contribution is 1.67. The predicted octanol–water partition coefficient (Wildman–Crippen LogP) is 1.13. The molecule has 0 N–H and O–H groups in total. The molecule has 0 spiro atoms. The first kappa shape index (κ1) is 6.67. The van der Waals surface area contributed by atoms with Crippen LogP contribution in [0.15, 0.2) is 0 Å². The van der Waals surface area contributed by atoms with E-state index in [0.29, 0.717) is 0 Å². The SMILES string of the molecule is CCC=[N+](C)CC. The molecule has 0 radical (unpaired) electrons. The molecule has 1 heteroatoms. The highest BCUT2D eigenvalue weighted by molar-refractivity contribution is 5.50. The molecule has 1 nitrogen and oxygen atoms in total. The van der Waals surface area contributed by atoms with Gasteiger partial charge in [-0.3, -0.25) is 0 Å². The lowest BCUT2D eigenvalue weighted by molar-refractivity contribution is -0.489. The Hall–Kier alpha value is -0.330. The maximum absolute atomic E-state index is 2.18. The van der Waals surface area contributed by atoms with Crippen LogP contribution in [0.4, 0.5) is 0 Å². The number of rotatable bonds is 2.